The van der Waals surface area contributed by atoms with Crippen molar-refractivity contribution in [3.8, 4) is 0 Å². The van der Waals surface area contributed by atoms with Crippen molar-refractivity contribution < 1.29 is 8.42 Å². The van der Waals surface area contributed by atoms with Gasteiger partial charge in [0.25, 0.3) is 0 Å². The first kappa shape index (κ1) is 14.2. The number of sulfonamides is 1. The molecule has 0 fully saturated rings. The van der Waals surface area contributed by atoms with E-state index < -0.39 is 10.0 Å². The van der Waals surface area contributed by atoms with Gasteiger partial charge >= 0.3 is 0 Å². The van der Waals surface area contributed by atoms with E-state index >= 15 is 0 Å². The van der Waals surface area contributed by atoms with Crippen molar-refractivity contribution >= 4 is 10.0 Å². The van der Waals surface area contributed by atoms with Crippen molar-refractivity contribution in [3.63, 3.8) is 0 Å². The van der Waals surface area contributed by atoms with Gasteiger partial charge in [0.1, 0.15) is 6.33 Å². The highest BCUT2D eigenvalue weighted by Gasteiger charge is 2.22. The largest absolute Gasteiger partial charge is 0.312 e. The molecule has 0 saturated carbocycles. The fourth-order valence-corrected chi connectivity index (χ4v) is 3.74. The van der Waals surface area contributed by atoms with Gasteiger partial charge in [-0.3, -0.25) is 4.68 Å². The van der Waals surface area contributed by atoms with Crippen LogP contribution < -0.4 is 10.0 Å². The Morgan fingerprint density at radius 2 is 2.29 bits per heavy atom. The predicted molar refractivity (Wildman–Crippen MR) is 76.9 cm³/mol. The fraction of sp³-hybridized carbons (Fsp3) is 0.385. The minimum absolute atomic E-state index is 0.0884. The molecule has 0 atom stereocenters. The molecule has 2 aromatic rings. The molecular weight excluding hydrogens is 290 g/mol. The third-order valence-corrected chi connectivity index (χ3v) is 4.94. The first-order valence-corrected chi connectivity index (χ1v) is 8.20. The summed E-state index contributed by atoms with van der Waals surface area (Å²) in [5.74, 6) is 0.451. The van der Waals surface area contributed by atoms with Crippen LogP contribution in [-0.2, 0) is 36.6 Å². The Labute approximate surface area is 123 Å². The highest BCUT2D eigenvalue weighted by atomic mass is 32.2. The lowest BCUT2D eigenvalue weighted by molar-refractivity contribution is 0.573. The summed E-state index contributed by atoms with van der Waals surface area (Å²) in [5, 5.41) is 7.31. The number of aromatic nitrogens is 3. The Kier molecular flexibility index (Phi) is 3.75. The maximum absolute atomic E-state index is 12.5. The smallest absolute Gasteiger partial charge is 0.241 e. The van der Waals surface area contributed by atoms with Crippen molar-refractivity contribution in [2.45, 2.75) is 24.4 Å². The van der Waals surface area contributed by atoms with Crippen LogP contribution in [0.1, 0.15) is 17.0 Å². The van der Waals surface area contributed by atoms with Gasteiger partial charge < -0.3 is 5.32 Å². The number of fused-ring (bicyclic) bond motifs is 1. The van der Waals surface area contributed by atoms with Gasteiger partial charge in [0.05, 0.1) is 11.4 Å². The lowest BCUT2D eigenvalue weighted by atomic mass is 10.0. The molecule has 0 spiro atoms. The molecular formula is C13H17N5O2S. The third kappa shape index (κ3) is 2.97. The van der Waals surface area contributed by atoms with Gasteiger partial charge in [-0.2, -0.15) is 5.10 Å². The molecule has 2 N–H and O–H groups in total. The molecule has 0 amide bonds. The second-order valence-electron chi connectivity index (χ2n) is 4.98. The highest BCUT2D eigenvalue weighted by molar-refractivity contribution is 7.89. The van der Waals surface area contributed by atoms with Crippen LogP contribution in [-0.4, -0.2) is 29.7 Å². The Balaban J connectivity index is 1.85. The van der Waals surface area contributed by atoms with Crippen molar-refractivity contribution in [3.05, 3.63) is 41.5 Å². The maximum atomic E-state index is 12.5. The van der Waals surface area contributed by atoms with E-state index in [9.17, 15) is 8.42 Å². The summed E-state index contributed by atoms with van der Waals surface area (Å²) in [7, 11) is -1.82. The van der Waals surface area contributed by atoms with Crippen molar-refractivity contribution in [1.29, 1.82) is 0 Å². The van der Waals surface area contributed by atoms with Crippen LogP contribution in [0.4, 0.5) is 0 Å². The summed E-state index contributed by atoms with van der Waals surface area (Å²) >= 11 is 0. The Bertz CT molecular complexity index is 754. The number of aryl methyl sites for hydroxylation is 1. The quantitative estimate of drug-likeness (QED) is 0.826. The molecule has 112 valence electrons. The summed E-state index contributed by atoms with van der Waals surface area (Å²) in [6.07, 6.45) is 2.26. The van der Waals surface area contributed by atoms with Crippen molar-refractivity contribution in [1.82, 2.24) is 24.8 Å². The molecule has 7 nitrogen and oxygen atoms in total. The Morgan fingerprint density at radius 1 is 1.43 bits per heavy atom. The topological polar surface area (TPSA) is 88.9 Å². The Morgan fingerprint density at radius 3 is 3.05 bits per heavy atom. The minimum Gasteiger partial charge on any atom is -0.312 e. The van der Waals surface area contributed by atoms with Gasteiger partial charge in [-0.05, 0) is 30.2 Å². The van der Waals surface area contributed by atoms with E-state index in [0.29, 0.717) is 23.7 Å². The molecule has 2 heterocycles. The molecule has 21 heavy (non-hydrogen) atoms. The van der Waals surface area contributed by atoms with Gasteiger partial charge in [0.15, 0.2) is 5.82 Å². The van der Waals surface area contributed by atoms with Gasteiger partial charge in [0, 0.05) is 13.6 Å². The lowest BCUT2D eigenvalue weighted by Gasteiger charge is -2.20. The van der Waals surface area contributed by atoms with Gasteiger partial charge in [-0.1, -0.05) is 12.1 Å². The second kappa shape index (κ2) is 5.55. The van der Waals surface area contributed by atoms with Crippen LogP contribution in [0.2, 0.25) is 0 Å². The van der Waals surface area contributed by atoms with Crippen LogP contribution in [0, 0.1) is 0 Å². The molecule has 8 heteroatoms. The molecule has 0 bridgehead atoms. The number of rotatable bonds is 4. The van der Waals surface area contributed by atoms with E-state index in [1.807, 2.05) is 6.07 Å². The number of nitrogens with zero attached hydrogens (tertiary/aromatic N) is 3. The third-order valence-electron chi connectivity index (χ3n) is 3.45. The van der Waals surface area contributed by atoms with Crippen LogP contribution in [0.5, 0.6) is 0 Å². The van der Waals surface area contributed by atoms with Crippen LogP contribution in [0.25, 0.3) is 0 Å². The number of hydrogen-bond donors (Lipinski definition) is 2. The monoisotopic (exact) mass is 307 g/mol. The second-order valence-corrected chi connectivity index (χ2v) is 6.71. The molecule has 0 radical (unpaired) electrons. The van der Waals surface area contributed by atoms with Crippen molar-refractivity contribution in [2.24, 2.45) is 7.05 Å². The molecule has 0 aliphatic carbocycles. The number of benzene rings is 1. The molecule has 1 aromatic heterocycles. The zero-order valence-corrected chi connectivity index (χ0v) is 12.5. The number of hydrogen-bond acceptors (Lipinski definition) is 5. The van der Waals surface area contributed by atoms with E-state index in [2.05, 4.69) is 20.1 Å². The fourth-order valence-electron chi connectivity index (χ4n) is 2.45. The molecule has 1 aliphatic heterocycles. The predicted octanol–water partition coefficient (Wildman–Crippen LogP) is -0.0607. The lowest BCUT2D eigenvalue weighted by Crippen LogP contribution is -2.29. The minimum atomic E-state index is -3.56. The van der Waals surface area contributed by atoms with Gasteiger partial charge in [0.2, 0.25) is 10.0 Å². The van der Waals surface area contributed by atoms with E-state index in [-0.39, 0.29) is 6.54 Å². The van der Waals surface area contributed by atoms with Gasteiger partial charge in [-0.15, -0.1) is 0 Å². The molecule has 1 aliphatic rings. The van der Waals surface area contributed by atoms with E-state index in [1.165, 1.54) is 0 Å². The highest BCUT2D eigenvalue weighted by Crippen LogP contribution is 2.22. The summed E-state index contributed by atoms with van der Waals surface area (Å²) in [6, 6.07) is 5.39. The standard InChI is InChI=1S/C13H17N5O2S/c1-18-9-15-13(17-18)8-16-21(19,20)12-4-2-3-10-7-14-6-5-11(10)12/h2-4,9,14,16H,5-8H2,1H3. The summed E-state index contributed by atoms with van der Waals surface area (Å²) in [5.41, 5.74) is 1.94. The van der Waals surface area contributed by atoms with E-state index in [0.717, 1.165) is 17.7 Å². The first-order valence-electron chi connectivity index (χ1n) is 6.72. The summed E-state index contributed by atoms with van der Waals surface area (Å²) in [6.45, 7) is 1.59. The maximum Gasteiger partial charge on any atom is 0.241 e. The van der Waals surface area contributed by atoms with Gasteiger partial charge in [-0.25, -0.2) is 18.1 Å². The summed E-state index contributed by atoms with van der Waals surface area (Å²) < 4.78 is 29.1. The van der Waals surface area contributed by atoms with Crippen LogP contribution in [0.15, 0.2) is 29.4 Å². The average Bonchev–Trinajstić information content (AvgIpc) is 2.90. The average molecular weight is 307 g/mol. The first-order chi connectivity index (χ1) is 10.1. The normalized spacial score (nSPS) is 14.9. The molecule has 0 unspecified atom stereocenters. The molecule has 0 saturated heterocycles. The SMILES string of the molecule is Cn1cnc(CNS(=O)(=O)c2cccc3c2CCNC3)n1. The molecule has 1 aromatic carbocycles. The zero-order chi connectivity index (χ0) is 14.9. The van der Waals surface area contributed by atoms with E-state index in [4.69, 9.17) is 0 Å². The summed E-state index contributed by atoms with van der Waals surface area (Å²) in [4.78, 5) is 4.37. The van der Waals surface area contributed by atoms with E-state index in [1.54, 1.807) is 30.2 Å². The van der Waals surface area contributed by atoms with Crippen LogP contribution in [0.3, 0.4) is 0 Å². The zero-order valence-electron chi connectivity index (χ0n) is 11.7. The Hall–Kier alpha value is -1.77. The molecule has 3 rings (SSSR count). The van der Waals surface area contributed by atoms with Crippen molar-refractivity contribution in [2.75, 3.05) is 6.54 Å². The van der Waals surface area contributed by atoms with Crippen LogP contribution >= 0.6 is 0 Å². The number of nitrogens with one attached hydrogen (secondary N) is 2.